The molecule has 0 amide bonds. The Labute approximate surface area is 105 Å². The number of aromatic nitrogens is 1. The first-order valence-corrected chi connectivity index (χ1v) is 5.74. The zero-order chi connectivity index (χ0) is 13.1. The summed E-state index contributed by atoms with van der Waals surface area (Å²) in [6.45, 7) is 1.61. The molecule has 0 aliphatic heterocycles. The number of anilines is 1. The summed E-state index contributed by atoms with van der Waals surface area (Å²) in [7, 11) is 3.99. The van der Waals surface area contributed by atoms with E-state index in [9.17, 15) is 9.59 Å². The van der Waals surface area contributed by atoms with Crippen molar-refractivity contribution in [3.8, 4) is 0 Å². The molecule has 18 heavy (non-hydrogen) atoms. The van der Waals surface area contributed by atoms with Gasteiger partial charge in [-0.3, -0.25) is 9.59 Å². The Bertz CT molecular complexity index is 467. The van der Waals surface area contributed by atoms with Gasteiger partial charge in [-0.05, 0) is 39.2 Å². The Morgan fingerprint density at radius 3 is 2.67 bits per heavy atom. The highest BCUT2D eigenvalue weighted by Gasteiger charge is 2.26. The Morgan fingerprint density at radius 1 is 1.28 bits per heavy atom. The van der Waals surface area contributed by atoms with Gasteiger partial charge in [0, 0.05) is 6.54 Å². The molecule has 1 heterocycles. The van der Waals surface area contributed by atoms with E-state index in [1.807, 2.05) is 14.1 Å². The van der Waals surface area contributed by atoms with Crippen molar-refractivity contribution in [2.75, 3.05) is 32.5 Å². The highest BCUT2D eigenvalue weighted by Crippen LogP contribution is 2.20. The highest BCUT2D eigenvalue weighted by molar-refractivity contribution is 6.20. The molecule has 1 aromatic heterocycles. The maximum Gasteiger partial charge on any atom is 0.295 e. The number of oxazole rings is 1. The number of nitrogens with zero attached hydrogens (tertiary/aromatic N) is 2. The number of hydrogen-bond donors (Lipinski definition) is 1. The van der Waals surface area contributed by atoms with Gasteiger partial charge in [-0.15, -0.1) is 0 Å². The van der Waals surface area contributed by atoms with Gasteiger partial charge in [0.25, 0.3) is 6.01 Å². The predicted molar refractivity (Wildman–Crippen MR) is 66.0 cm³/mol. The van der Waals surface area contributed by atoms with E-state index in [1.165, 1.54) is 12.2 Å². The van der Waals surface area contributed by atoms with Crippen molar-refractivity contribution >= 4 is 17.6 Å². The summed E-state index contributed by atoms with van der Waals surface area (Å²) in [5, 5.41) is 2.96. The van der Waals surface area contributed by atoms with Gasteiger partial charge in [0.05, 0.1) is 0 Å². The Kier molecular flexibility index (Phi) is 3.57. The summed E-state index contributed by atoms with van der Waals surface area (Å²) in [6, 6.07) is 0.226. The van der Waals surface area contributed by atoms with Gasteiger partial charge >= 0.3 is 0 Å². The van der Waals surface area contributed by atoms with E-state index in [-0.39, 0.29) is 29.0 Å². The number of rotatable bonds is 5. The average molecular weight is 249 g/mol. The first kappa shape index (κ1) is 12.5. The molecule has 2 rings (SSSR count). The molecule has 0 aromatic carbocycles. The predicted octanol–water partition coefficient (Wildman–Crippen LogP) is 0.973. The van der Waals surface area contributed by atoms with E-state index in [0.29, 0.717) is 6.54 Å². The second kappa shape index (κ2) is 5.14. The number of ketones is 2. The van der Waals surface area contributed by atoms with Crippen LogP contribution in [0.15, 0.2) is 16.6 Å². The van der Waals surface area contributed by atoms with Crippen LogP contribution < -0.4 is 5.32 Å². The van der Waals surface area contributed by atoms with E-state index >= 15 is 0 Å². The van der Waals surface area contributed by atoms with E-state index in [1.54, 1.807) is 0 Å². The number of allylic oxidation sites excluding steroid dienone is 2. The van der Waals surface area contributed by atoms with E-state index in [0.717, 1.165) is 13.0 Å². The van der Waals surface area contributed by atoms with Crippen LogP contribution in [0.2, 0.25) is 0 Å². The van der Waals surface area contributed by atoms with Crippen LogP contribution in [0.4, 0.5) is 6.01 Å². The first-order valence-electron chi connectivity index (χ1n) is 5.74. The summed E-state index contributed by atoms with van der Waals surface area (Å²) in [6.07, 6.45) is 3.33. The standard InChI is InChI=1S/C12H15N3O3/c1-15(2)7-3-6-13-12-14-10-8(16)4-5-9(17)11(10)18-12/h4-5H,3,6-7H2,1-2H3,(H,13,14). The van der Waals surface area contributed by atoms with E-state index in [2.05, 4.69) is 15.2 Å². The van der Waals surface area contributed by atoms with Crippen LogP contribution in [0.3, 0.4) is 0 Å². The number of hydrogen-bond acceptors (Lipinski definition) is 6. The topological polar surface area (TPSA) is 75.4 Å². The number of nitrogens with one attached hydrogen (secondary N) is 1. The SMILES string of the molecule is CN(C)CCCNc1nc2c(o1)C(=O)C=CC2=O. The number of carbonyl (C=O) groups excluding carboxylic acids is 2. The van der Waals surface area contributed by atoms with Crippen LogP contribution in [0.5, 0.6) is 0 Å². The molecule has 0 saturated carbocycles. The third kappa shape index (κ3) is 2.65. The lowest BCUT2D eigenvalue weighted by Crippen LogP contribution is -2.16. The molecule has 1 aliphatic carbocycles. The largest absolute Gasteiger partial charge is 0.419 e. The Morgan fingerprint density at radius 2 is 2.00 bits per heavy atom. The molecule has 0 radical (unpaired) electrons. The second-order valence-corrected chi connectivity index (χ2v) is 4.34. The maximum absolute atomic E-state index is 11.5. The third-order valence-corrected chi connectivity index (χ3v) is 2.53. The van der Waals surface area contributed by atoms with E-state index in [4.69, 9.17) is 4.42 Å². The molecule has 0 unspecified atom stereocenters. The smallest absolute Gasteiger partial charge is 0.295 e. The van der Waals surface area contributed by atoms with Crippen LogP contribution in [-0.4, -0.2) is 48.6 Å². The normalized spacial score (nSPS) is 14.2. The summed E-state index contributed by atoms with van der Waals surface area (Å²) < 4.78 is 5.24. The van der Waals surface area contributed by atoms with Gasteiger partial charge in [0.15, 0.2) is 5.69 Å². The third-order valence-electron chi connectivity index (χ3n) is 2.53. The monoisotopic (exact) mass is 249 g/mol. The van der Waals surface area contributed by atoms with Crippen LogP contribution in [0.25, 0.3) is 0 Å². The zero-order valence-electron chi connectivity index (χ0n) is 10.4. The van der Waals surface area contributed by atoms with Crippen molar-refractivity contribution in [3.63, 3.8) is 0 Å². The van der Waals surface area contributed by atoms with Crippen molar-refractivity contribution in [1.29, 1.82) is 0 Å². The van der Waals surface area contributed by atoms with Crippen molar-refractivity contribution in [1.82, 2.24) is 9.88 Å². The molecule has 0 bridgehead atoms. The van der Waals surface area contributed by atoms with Crippen molar-refractivity contribution in [2.45, 2.75) is 6.42 Å². The van der Waals surface area contributed by atoms with Crippen LogP contribution >= 0.6 is 0 Å². The molecular weight excluding hydrogens is 234 g/mol. The lowest BCUT2D eigenvalue weighted by molar-refractivity contribution is 0.0974. The van der Waals surface area contributed by atoms with Crippen LogP contribution in [0.1, 0.15) is 27.5 Å². The van der Waals surface area contributed by atoms with Gasteiger partial charge in [0.1, 0.15) is 0 Å². The number of carbonyl (C=O) groups is 2. The quantitative estimate of drug-likeness (QED) is 0.784. The van der Waals surface area contributed by atoms with Crippen LogP contribution in [-0.2, 0) is 0 Å². The van der Waals surface area contributed by atoms with Gasteiger partial charge in [-0.2, -0.15) is 4.98 Å². The van der Waals surface area contributed by atoms with Crippen molar-refractivity contribution in [2.24, 2.45) is 0 Å². The fourth-order valence-electron chi connectivity index (χ4n) is 1.63. The fraction of sp³-hybridized carbons (Fsp3) is 0.417. The fourth-order valence-corrected chi connectivity index (χ4v) is 1.63. The molecule has 0 fully saturated rings. The van der Waals surface area contributed by atoms with Gasteiger partial charge in [-0.1, -0.05) is 0 Å². The van der Waals surface area contributed by atoms with Crippen molar-refractivity contribution in [3.05, 3.63) is 23.6 Å². The maximum atomic E-state index is 11.5. The molecule has 6 heteroatoms. The van der Waals surface area contributed by atoms with Gasteiger partial charge in [-0.25, -0.2) is 0 Å². The highest BCUT2D eigenvalue weighted by atomic mass is 16.4. The molecule has 0 saturated heterocycles. The summed E-state index contributed by atoms with van der Waals surface area (Å²) >= 11 is 0. The molecule has 1 aromatic rings. The lowest BCUT2D eigenvalue weighted by Gasteiger charge is -2.08. The minimum absolute atomic E-state index is 0.0256. The zero-order valence-corrected chi connectivity index (χ0v) is 10.4. The summed E-state index contributed by atoms with van der Waals surface area (Å²) in [4.78, 5) is 29.0. The minimum atomic E-state index is -0.321. The molecule has 1 aliphatic rings. The molecule has 0 atom stereocenters. The summed E-state index contributed by atoms with van der Waals surface area (Å²) in [5.74, 6) is -0.592. The minimum Gasteiger partial charge on any atom is -0.419 e. The van der Waals surface area contributed by atoms with Crippen LogP contribution in [0, 0.1) is 0 Å². The van der Waals surface area contributed by atoms with Gasteiger partial charge < -0.3 is 14.6 Å². The summed E-state index contributed by atoms with van der Waals surface area (Å²) in [5.41, 5.74) is 0.0950. The Balaban J connectivity index is 1.98. The molecule has 0 spiro atoms. The van der Waals surface area contributed by atoms with Crippen molar-refractivity contribution < 1.29 is 14.0 Å². The van der Waals surface area contributed by atoms with E-state index < -0.39 is 0 Å². The molecular formula is C12H15N3O3. The Hall–Kier alpha value is -1.95. The molecule has 1 N–H and O–H groups in total. The average Bonchev–Trinajstić information content (AvgIpc) is 2.75. The van der Waals surface area contributed by atoms with Gasteiger partial charge in [0.2, 0.25) is 17.3 Å². The molecule has 96 valence electrons. The first-order chi connectivity index (χ1) is 8.58. The molecule has 6 nitrogen and oxygen atoms in total. The second-order valence-electron chi connectivity index (χ2n) is 4.34. The number of fused-ring (bicyclic) bond motifs is 1. The lowest BCUT2D eigenvalue weighted by atomic mass is 10.1.